The predicted molar refractivity (Wildman–Crippen MR) is 81.0 cm³/mol. The van der Waals surface area contributed by atoms with E-state index < -0.39 is 6.10 Å². The molecule has 1 N–H and O–H groups in total. The molecule has 0 radical (unpaired) electrons. The Morgan fingerprint density at radius 1 is 1.10 bits per heavy atom. The first kappa shape index (κ1) is 14.2. The van der Waals surface area contributed by atoms with Crippen LogP contribution in [0.3, 0.4) is 0 Å². The second-order valence-electron chi connectivity index (χ2n) is 4.86. The van der Waals surface area contributed by atoms with E-state index in [2.05, 4.69) is 4.98 Å². The lowest BCUT2D eigenvalue weighted by molar-refractivity contribution is 0.194. The van der Waals surface area contributed by atoms with Crippen LogP contribution in [0.2, 0.25) is 0 Å². The lowest BCUT2D eigenvalue weighted by Crippen LogP contribution is -1.97. The molecule has 5 heteroatoms. The standard InChI is InChI=1S/C16H17NO3S/c1-11(18)14-5-3-13(10-17-14)21-12-4-6-15-16(9-12)20-8-2-7-19-15/h3-6,9-11,18H,2,7-8H2,1H3/t11-/m1/s1. The summed E-state index contributed by atoms with van der Waals surface area (Å²) in [4.78, 5) is 6.35. The third-order valence-electron chi connectivity index (χ3n) is 3.14. The summed E-state index contributed by atoms with van der Waals surface area (Å²) in [7, 11) is 0. The summed E-state index contributed by atoms with van der Waals surface area (Å²) in [6.07, 6.45) is 2.14. The van der Waals surface area contributed by atoms with Crippen molar-refractivity contribution < 1.29 is 14.6 Å². The van der Waals surface area contributed by atoms with Crippen LogP contribution in [0.15, 0.2) is 46.3 Å². The van der Waals surface area contributed by atoms with Crippen LogP contribution in [0.25, 0.3) is 0 Å². The fraction of sp³-hybridized carbons (Fsp3) is 0.312. The Kier molecular flexibility index (Phi) is 4.31. The molecule has 0 saturated carbocycles. The largest absolute Gasteiger partial charge is 0.490 e. The average molecular weight is 303 g/mol. The fourth-order valence-corrected chi connectivity index (χ4v) is 2.86. The Hall–Kier alpha value is -1.72. The van der Waals surface area contributed by atoms with E-state index in [9.17, 15) is 5.11 Å². The molecule has 2 heterocycles. The van der Waals surface area contributed by atoms with E-state index in [1.165, 1.54) is 0 Å². The zero-order chi connectivity index (χ0) is 14.7. The van der Waals surface area contributed by atoms with Gasteiger partial charge in [0, 0.05) is 22.4 Å². The molecule has 0 spiro atoms. The maximum absolute atomic E-state index is 9.46. The molecule has 0 unspecified atom stereocenters. The van der Waals surface area contributed by atoms with Gasteiger partial charge in [-0.2, -0.15) is 0 Å². The topological polar surface area (TPSA) is 51.6 Å². The van der Waals surface area contributed by atoms with Gasteiger partial charge in [0.2, 0.25) is 0 Å². The van der Waals surface area contributed by atoms with Crippen molar-refractivity contribution in [3.63, 3.8) is 0 Å². The molecule has 21 heavy (non-hydrogen) atoms. The molecule has 1 aliphatic heterocycles. The minimum atomic E-state index is -0.540. The minimum Gasteiger partial charge on any atom is -0.490 e. The summed E-state index contributed by atoms with van der Waals surface area (Å²) in [6, 6.07) is 9.76. The first-order chi connectivity index (χ1) is 10.2. The Morgan fingerprint density at radius 3 is 2.57 bits per heavy atom. The number of nitrogens with zero attached hydrogens (tertiary/aromatic N) is 1. The van der Waals surface area contributed by atoms with Crippen molar-refractivity contribution >= 4 is 11.8 Å². The zero-order valence-corrected chi connectivity index (χ0v) is 12.6. The molecular formula is C16H17NO3S. The molecule has 0 aliphatic carbocycles. The molecule has 0 fully saturated rings. The third-order valence-corrected chi connectivity index (χ3v) is 4.11. The van der Waals surface area contributed by atoms with E-state index in [-0.39, 0.29) is 0 Å². The van der Waals surface area contributed by atoms with Gasteiger partial charge in [0.1, 0.15) is 0 Å². The van der Waals surface area contributed by atoms with Crippen molar-refractivity contribution in [2.75, 3.05) is 13.2 Å². The zero-order valence-electron chi connectivity index (χ0n) is 11.8. The number of rotatable bonds is 3. The van der Waals surface area contributed by atoms with Gasteiger partial charge in [-0.05, 0) is 37.3 Å². The number of pyridine rings is 1. The highest BCUT2D eigenvalue weighted by atomic mass is 32.2. The number of aliphatic hydroxyl groups excluding tert-OH is 1. The quantitative estimate of drug-likeness (QED) is 0.941. The van der Waals surface area contributed by atoms with Crippen LogP contribution in [0.5, 0.6) is 11.5 Å². The van der Waals surface area contributed by atoms with Crippen molar-refractivity contribution in [3.8, 4) is 11.5 Å². The monoisotopic (exact) mass is 303 g/mol. The van der Waals surface area contributed by atoms with Gasteiger partial charge in [0.15, 0.2) is 11.5 Å². The molecule has 1 aromatic heterocycles. The molecule has 4 nitrogen and oxygen atoms in total. The highest BCUT2D eigenvalue weighted by Crippen LogP contribution is 2.36. The van der Waals surface area contributed by atoms with Crippen molar-refractivity contribution in [2.24, 2.45) is 0 Å². The molecule has 3 rings (SSSR count). The van der Waals surface area contributed by atoms with Gasteiger partial charge >= 0.3 is 0 Å². The van der Waals surface area contributed by atoms with E-state index >= 15 is 0 Å². The van der Waals surface area contributed by atoms with E-state index in [0.29, 0.717) is 18.9 Å². The van der Waals surface area contributed by atoms with Crippen molar-refractivity contribution in [1.29, 1.82) is 0 Å². The normalized spacial score (nSPS) is 15.3. The summed E-state index contributed by atoms with van der Waals surface area (Å²) in [5.41, 5.74) is 0.679. The van der Waals surface area contributed by atoms with Crippen molar-refractivity contribution in [3.05, 3.63) is 42.2 Å². The van der Waals surface area contributed by atoms with Crippen molar-refractivity contribution in [1.82, 2.24) is 4.98 Å². The summed E-state index contributed by atoms with van der Waals surface area (Å²) >= 11 is 1.61. The SMILES string of the molecule is C[C@@H](O)c1ccc(Sc2ccc3c(c2)OCCCO3)cn1. The highest BCUT2D eigenvalue weighted by Gasteiger charge is 2.11. The maximum Gasteiger partial charge on any atom is 0.162 e. The molecule has 1 aliphatic rings. The average Bonchev–Trinajstić information content (AvgIpc) is 2.72. The van der Waals surface area contributed by atoms with Crippen LogP contribution in [-0.4, -0.2) is 23.3 Å². The number of hydrogen-bond acceptors (Lipinski definition) is 5. The highest BCUT2D eigenvalue weighted by molar-refractivity contribution is 7.99. The number of fused-ring (bicyclic) bond motifs is 1. The van der Waals surface area contributed by atoms with Gasteiger partial charge in [0.05, 0.1) is 25.0 Å². The Labute approximate surface area is 128 Å². The molecule has 0 bridgehead atoms. The Bertz CT molecular complexity index is 613. The van der Waals surface area contributed by atoms with Crippen LogP contribution in [0.4, 0.5) is 0 Å². The van der Waals surface area contributed by atoms with Gasteiger partial charge in [-0.1, -0.05) is 11.8 Å². The van der Waals surface area contributed by atoms with E-state index in [1.807, 2.05) is 30.3 Å². The molecule has 2 aromatic rings. The van der Waals surface area contributed by atoms with Crippen LogP contribution in [0, 0.1) is 0 Å². The number of benzene rings is 1. The molecule has 0 amide bonds. The number of ether oxygens (including phenoxy) is 2. The van der Waals surface area contributed by atoms with Gasteiger partial charge < -0.3 is 14.6 Å². The lowest BCUT2D eigenvalue weighted by atomic mass is 10.2. The van der Waals surface area contributed by atoms with Gasteiger partial charge in [-0.15, -0.1) is 0 Å². The molecular weight excluding hydrogens is 286 g/mol. The molecule has 110 valence electrons. The van der Waals surface area contributed by atoms with E-state index in [0.717, 1.165) is 27.7 Å². The van der Waals surface area contributed by atoms with E-state index in [4.69, 9.17) is 9.47 Å². The smallest absolute Gasteiger partial charge is 0.162 e. The number of hydrogen-bond donors (Lipinski definition) is 1. The van der Waals surface area contributed by atoms with Crippen LogP contribution in [0.1, 0.15) is 25.1 Å². The number of aromatic nitrogens is 1. The third kappa shape index (κ3) is 3.49. The van der Waals surface area contributed by atoms with Gasteiger partial charge in [-0.25, -0.2) is 0 Å². The Balaban J connectivity index is 1.77. The Morgan fingerprint density at radius 2 is 1.86 bits per heavy atom. The van der Waals surface area contributed by atoms with Crippen LogP contribution >= 0.6 is 11.8 Å². The first-order valence-corrected chi connectivity index (χ1v) is 7.75. The predicted octanol–water partition coefficient (Wildman–Crippen LogP) is 3.45. The summed E-state index contributed by atoms with van der Waals surface area (Å²) < 4.78 is 11.3. The van der Waals surface area contributed by atoms with Gasteiger partial charge in [-0.3, -0.25) is 4.98 Å². The summed E-state index contributed by atoms with van der Waals surface area (Å²) in [5, 5.41) is 9.46. The minimum absolute atomic E-state index is 0.540. The molecule has 0 saturated heterocycles. The van der Waals surface area contributed by atoms with Gasteiger partial charge in [0.25, 0.3) is 0 Å². The first-order valence-electron chi connectivity index (χ1n) is 6.94. The summed E-state index contributed by atoms with van der Waals surface area (Å²) in [5.74, 6) is 1.60. The second-order valence-corrected chi connectivity index (χ2v) is 6.00. The number of aliphatic hydroxyl groups is 1. The second kappa shape index (κ2) is 6.37. The van der Waals surface area contributed by atoms with Crippen LogP contribution in [-0.2, 0) is 0 Å². The van der Waals surface area contributed by atoms with E-state index in [1.54, 1.807) is 24.9 Å². The fourth-order valence-electron chi connectivity index (χ4n) is 2.04. The van der Waals surface area contributed by atoms with Crippen molar-refractivity contribution in [2.45, 2.75) is 29.2 Å². The maximum atomic E-state index is 9.46. The summed E-state index contributed by atoms with van der Waals surface area (Å²) in [6.45, 7) is 3.09. The molecule has 1 atom stereocenters. The molecule has 1 aromatic carbocycles. The lowest BCUT2D eigenvalue weighted by Gasteiger charge is -2.09. The van der Waals surface area contributed by atoms with Crippen LogP contribution < -0.4 is 9.47 Å².